The molecule has 0 N–H and O–H groups in total. The predicted octanol–water partition coefficient (Wildman–Crippen LogP) is 6.61. The highest BCUT2D eigenvalue weighted by molar-refractivity contribution is 7.80. The number of hydrogen-bond donors (Lipinski definition) is 1. The second-order valence-corrected chi connectivity index (χ2v) is 7.35. The van der Waals surface area contributed by atoms with Gasteiger partial charge in [-0.05, 0) is 45.4 Å². The van der Waals surface area contributed by atoms with E-state index >= 15 is 0 Å². The standard InChI is InChI=1S/C22H22S/c1-22(2,3)18-14-19(16-10-6-4-7-11-16)21(23)20(15-18)17-12-8-5-9-13-17/h4-15,23H,1-3H3. The van der Waals surface area contributed by atoms with E-state index in [1.54, 1.807) is 0 Å². The summed E-state index contributed by atoms with van der Waals surface area (Å²) >= 11 is 4.88. The van der Waals surface area contributed by atoms with Crippen LogP contribution in [-0.2, 0) is 5.41 Å². The van der Waals surface area contributed by atoms with Gasteiger partial charge in [-0.1, -0.05) is 81.4 Å². The first-order valence-electron chi connectivity index (χ1n) is 7.95. The van der Waals surface area contributed by atoms with E-state index in [2.05, 4.69) is 81.4 Å². The van der Waals surface area contributed by atoms with Gasteiger partial charge < -0.3 is 0 Å². The summed E-state index contributed by atoms with van der Waals surface area (Å²) in [5, 5.41) is 0. The van der Waals surface area contributed by atoms with Crippen LogP contribution in [0.3, 0.4) is 0 Å². The third kappa shape index (κ3) is 3.35. The minimum Gasteiger partial charge on any atom is -0.142 e. The van der Waals surface area contributed by atoms with Crippen LogP contribution in [0.25, 0.3) is 22.3 Å². The van der Waals surface area contributed by atoms with Gasteiger partial charge >= 0.3 is 0 Å². The molecule has 0 spiro atoms. The lowest BCUT2D eigenvalue weighted by molar-refractivity contribution is 0.590. The van der Waals surface area contributed by atoms with Crippen molar-refractivity contribution in [3.63, 3.8) is 0 Å². The van der Waals surface area contributed by atoms with Crippen LogP contribution in [0, 0.1) is 0 Å². The van der Waals surface area contributed by atoms with Crippen LogP contribution in [-0.4, -0.2) is 0 Å². The fourth-order valence-corrected chi connectivity index (χ4v) is 3.13. The topological polar surface area (TPSA) is 0 Å². The Bertz CT molecular complexity index is 736. The van der Waals surface area contributed by atoms with Crippen molar-refractivity contribution < 1.29 is 0 Å². The molecular weight excluding hydrogens is 296 g/mol. The van der Waals surface area contributed by atoms with E-state index in [-0.39, 0.29) is 5.41 Å². The Balaban J connectivity index is 2.28. The number of benzene rings is 3. The predicted molar refractivity (Wildman–Crippen MR) is 103 cm³/mol. The first-order valence-corrected chi connectivity index (χ1v) is 8.40. The maximum Gasteiger partial charge on any atom is 0.0198 e. The lowest BCUT2D eigenvalue weighted by Gasteiger charge is -2.23. The third-order valence-electron chi connectivity index (χ3n) is 4.15. The SMILES string of the molecule is CC(C)(C)c1cc(-c2ccccc2)c(S)c(-c2ccccc2)c1. The van der Waals surface area contributed by atoms with Gasteiger partial charge in [0.1, 0.15) is 0 Å². The van der Waals surface area contributed by atoms with Crippen molar-refractivity contribution >= 4 is 12.6 Å². The molecule has 0 saturated carbocycles. The van der Waals surface area contributed by atoms with E-state index in [1.165, 1.54) is 27.8 Å². The summed E-state index contributed by atoms with van der Waals surface area (Å²) in [5.74, 6) is 0. The van der Waals surface area contributed by atoms with Gasteiger partial charge in [0.2, 0.25) is 0 Å². The minimum absolute atomic E-state index is 0.0918. The Hall–Kier alpha value is -1.99. The molecular formula is C22H22S. The van der Waals surface area contributed by atoms with E-state index in [0.29, 0.717) is 0 Å². The average molecular weight is 318 g/mol. The molecule has 116 valence electrons. The Labute approximate surface area is 144 Å². The molecule has 1 heteroatoms. The van der Waals surface area contributed by atoms with Crippen LogP contribution in [0.15, 0.2) is 77.7 Å². The molecule has 0 fully saturated rings. The largest absolute Gasteiger partial charge is 0.142 e. The highest BCUT2D eigenvalue weighted by Gasteiger charge is 2.19. The van der Waals surface area contributed by atoms with E-state index in [4.69, 9.17) is 12.6 Å². The fourth-order valence-electron chi connectivity index (χ4n) is 2.74. The lowest BCUT2D eigenvalue weighted by Crippen LogP contribution is -2.11. The molecule has 0 saturated heterocycles. The third-order valence-corrected chi connectivity index (χ3v) is 4.63. The number of rotatable bonds is 2. The van der Waals surface area contributed by atoms with E-state index < -0.39 is 0 Å². The molecule has 0 aromatic heterocycles. The maximum absolute atomic E-state index is 4.88. The van der Waals surface area contributed by atoms with Crippen molar-refractivity contribution in [2.75, 3.05) is 0 Å². The van der Waals surface area contributed by atoms with Crippen molar-refractivity contribution in [1.82, 2.24) is 0 Å². The summed E-state index contributed by atoms with van der Waals surface area (Å²) in [6, 6.07) is 25.6. The summed E-state index contributed by atoms with van der Waals surface area (Å²) in [7, 11) is 0. The van der Waals surface area contributed by atoms with Gasteiger partial charge in [-0.2, -0.15) is 0 Å². The Kier molecular flexibility index (Phi) is 4.32. The molecule has 0 aliphatic heterocycles. The summed E-state index contributed by atoms with van der Waals surface area (Å²) in [5.41, 5.74) is 6.23. The van der Waals surface area contributed by atoms with Gasteiger partial charge in [-0.15, -0.1) is 12.6 Å². The zero-order valence-corrected chi connectivity index (χ0v) is 14.8. The van der Waals surface area contributed by atoms with Crippen LogP contribution in [0.5, 0.6) is 0 Å². The molecule has 0 aliphatic rings. The molecule has 3 aromatic carbocycles. The van der Waals surface area contributed by atoms with E-state index in [1.807, 2.05) is 12.1 Å². The highest BCUT2D eigenvalue weighted by Crippen LogP contribution is 2.39. The molecule has 0 unspecified atom stereocenters. The van der Waals surface area contributed by atoms with Crippen LogP contribution in [0.2, 0.25) is 0 Å². The van der Waals surface area contributed by atoms with Crippen LogP contribution < -0.4 is 0 Å². The monoisotopic (exact) mass is 318 g/mol. The minimum atomic E-state index is 0.0918. The molecule has 0 bridgehead atoms. The van der Waals surface area contributed by atoms with E-state index in [9.17, 15) is 0 Å². The van der Waals surface area contributed by atoms with Crippen molar-refractivity contribution in [3.8, 4) is 22.3 Å². The molecule has 0 nitrogen and oxygen atoms in total. The second-order valence-electron chi connectivity index (χ2n) is 6.90. The smallest absolute Gasteiger partial charge is 0.0198 e. The summed E-state index contributed by atoms with van der Waals surface area (Å²) in [6.45, 7) is 6.76. The van der Waals surface area contributed by atoms with Crippen molar-refractivity contribution in [2.45, 2.75) is 31.1 Å². The number of thiol groups is 1. The summed E-state index contributed by atoms with van der Waals surface area (Å²) in [4.78, 5) is 1.04. The maximum atomic E-state index is 4.88. The zero-order valence-electron chi connectivity index (χ0n) is 13.9. The molecule has 0 radical (unpaired) electrons. The van der Waals surface area contributed by atoms with Gasteiger partial charge in [0.25, 0.3) is 0 Å². The van der Waals surface area contributed by atoms with E-state index in [0.717, 1.165) is 4.90 Å². The average Bonchev–Trinajstić information content (AvgIpc) is 2.55. The van der Waals surface area contributed by atoms with Crippen LogP contribution in [0.4, 0.5) is 0 Å². The Morgan fingerprint density at radius 3 is 1.39 bits per heavy atom. The Morgan fingerprint density at radius 1 is 0.652 bits per heavy atom. The molecule has 0 aliphatic carbocycles. The highest BCUT2D eigenvalue weighted by atomic mass is 32.1. The van der Waals surface area contributed by atoms with Gasteiger partial charge in [-0.3, -0.25) is 0 Å². The molecule has 3 aromatic rings. The summed E-state index contributed by atoms with van der Waals surface area (Å²) in [6.07, 6.45) is 0. The van der Waals surface area contributed by atoms with Crippen molar-refractivity contribution in [2.24, 2.45) is 0 Å². The van der Waals surface area contributed by atoms with Crippen LogP contribution in [0.1, 0.15) is 26.3 Å². The molecule has 0 atom stereocenters. The normalized spacial score (nSPS) is 11.5. The first-order chi connectivity index (χ1) is 11.0. The quantitative estimate of drug-likeness (QED) is 0.505. The van der Waals surface area contributed by atoms with Gasteiger partial charge in [0, 0.05) is 4.90 Å². The van der Waals surface area contributed by atoms with Gasteiger partial charge in [-0.25, -0.2) is 0 Å². The summed E-state index contributed by atoms with van der Waals surface area (Å²) < 4.78 is 0. The van der Waals surface area contributed by atoms with Crippen LogP contribution >= 0.6 is 12.6 Å². The first kappa shape index (κ1) is 15.9. The number of hydrogen-bond acceptors (Lipinski definition) is 1. The molecule has 23 heavy (non-hydrogen) atoms. The van der Waals surface area contributed by atoms with Gasteiger partial charge in [0.15, 0.2) is 0 Å². The Morgan fingerprint density at radius 2 is 1.04 bits per heavy atom. The van der Waals surface area contributed by atoms with Gasteiger partial charge in [0.05, 0.1) is 0 Å². The second kappa shape index (κ2) is 6.25. The zero-order chi connectivity index (χ0) is 16.4. The van der Waals surface area contributed by atoms with Crippen molar-refractivity contribution in [3.05, 3.63) is 78.4 Å². The van der Waals surface area contributed by atoms with Crippen molar-refractivity contribution in [1.29, 1.82) is 0 Å². The molecule has 0 amide bonds. The lowest BCUT2D eigenvalue weighted by atomic mass is 9.83. The molecule has 3 rings (SSSR count). The molecule has 0 heterocycles. The fraction of sp³-hybridized carbons (Fsp3) is 0.182.